The molecule has 1 aliphatic rings. The van der Waals surface area contributed by atoms with E-state index in [2.05, 4.69) is 20.3 Å². The van der Waals surface area contributed by atoms with Crippen molar-refractivity contribution in [1.82, 2.24) is 20.3 Å². The summed E-state index contributed by atoms with van der Waals surface area (Å²) in [6.45, 7) is 3.99. The molecular formula is C22H23ClN4O. The largest absolute Gasteiger partial charge is 0.346 e. The van der Waals surface area contributed by atoms with Gasteiger partial charge in [0.2, 0.25) is 0 Å². The maximum absolute atomic E-state index is 13.0. The Morgan fingerprint density at radius 2 is 1.96 bits per heavy atom. The number of pyridine rings is 1. The molecule has 3 aromatic rings. The minimum Gasteiger partial charge on any atom is -0.346 e. The number of rotatable bonds is 6. The van der Waals surface area contributed by atoms with Gasteiger partial charge in [0, 0.05) is 46.6 Å². The van der Waals surface area contributed by atoms with Gasteiger partial charge in [0.1, 0.15) is 11.5 Å². The summed E-state index contributed by atoms with van der Waals surface area (Å²) >= 11 is 5.99. The van der Waals surface area contributed by atoms with Gasteiger partial charge in [-0.15, -0.1) is 0 Å². The molecule has 4 rings (SSSR count). The first-order chi connectivity index (χ1) is 13.4. The van der Waals surface area contributed by atoms with Crippen LogP contribution in [0.4, 0.5) is 0 Å². The molecule has 6 heteroatoms. The molecule has 2 N–H and O–H groups in total. The van der Waals surface area contributed by atoms with Crippen molar-refractivity contribution in [2.24, 2.45) is 0 Å². The highest BCUT2D eigenvalue weighted by atomic mass is 35.5. The Kier molecular flexibility index (Phi) is 4.94. The molecule has 0 spiro atoms. The summed E-state index contributed by atoms with van der Waals surface area (Å²) in [5, 5.41) is 3.77. The van der Waals surface area contributed by atoms with Crippen LogP contribution in [0.1, 0.15) is 54.6 Å². The van der Waals surface area contributed by atoms with E-state index in [9.17, 15) is 4.79 Å². The highest BCUT2D eigenvalue weighted by Gasteiger charge is 2.28. The van der Waals surface area contributed by atoms with Gasteiger partial charge in [-0.05, 0) is 50.5 Å². The molecule has 5 nitrogen and oxygen atoms in total. The molecule has 2 heterocycles. The Hall–Kier alpha value is -2.66. The third-order valence-electron chi connectivity index (χ3n) is 4.90. The average Bonchev–Trinajstić information content (AvgIpc) is 3.42. The molecule has 1 saturated carbocycles. The summed E-state index contributed by atoms with van der Waals surface area (Å²) in [6, 6.07) is 11.1. The van der Waals surface area contributed by atoms with E-state index in [-0.39, 0.29) is 5.91 Å². The number of aromatic amines is 1. The first kappa shape index (κ1) is 18.7. The summed E-state index contributed by atoms with van der Waals surface area (Å²) in [5.41, 5.74) is 2.81. The zero-order valence-electron chi connectivity index (χ0n) is 16.0. The predicted molar refractivity (Wildman–Crippen MR) is 110 cm³/mol. The summed E-state index contributed by atoms with van der Waals surface area (Å²) in [7, 11) is 0. The van der Waals surface area contributed by atoms with Crippen molar-refractivity contribution in [3.63, 3.8) is 0 Å². The van der Waals surface area contributed by atoms with Gasteiger partial charge in [-0.1, -0.05) is 29.8 Å². The zero-order chi connectivity index (χ0) is 19.7. The molecule has 2 aromatic heterocycles. The van der Waals surface area contributed by atoms with Crippen molar-refractivity contribution in [3.8, 4) is 11.1 Å². The molecule has 0 radical (unpaired) electrons. The topological polar surface area (TPSA) is 70.7 Å². The van der Waals surface area contributed by atoms with Gasteiger partial charge in [0.05, 0.1) is 0 Å². The van der Waals surface area contributed by atoms with Crippen LogP contribution in [-0.2, 0) is 6.42 Å². The summed E-state index contributed by atoms with van der Waals surface area (Å²) < 4.78 is 0. The van der Waals surface area contributed by atoms with Crippen LogP contribution in [0.2, 0.25) is 5.02 Å². The Labute approximate surface area is 169 Å². The van der Waals surface area contributed by atoms with Gasteiger partial charge in [0.25, 0.3) is 5.91 Å². The van der Waals surface area contributed by atoms with Gasteiger partial charge >= 0.3 is 0 Å². The van der Waals surface area contributed by atoms with E-state index in [4.69, 9.17) is 11.6 Å². The number of nitrogens with zero attached hydrogens (tertiary/aromatic N) is 2. The smallest absolute Gasteiger partial charge is 0.270 e. The van der Waals surface area contributed by atoms with Crippen LogP contribution in [0.25, 0.3) is 11.1 Å². The van der Waals surface area contributed by atoms with E-state index >= 15 is 0 Å². The maximum atomic E-state index is 13.0. The van der Waals surface area contributed by atoms with Crippen LogP contribution in [0, 0.1) is 0 Å². The molecule has 28 heavy (non-hydrogen) atoms. The Morgan fingerprint density at radius 3 is 2.68 bits per heavy atom. The minimum absolute atomic E-state index is 0.204. The first-order valence-corrected chi connectivity index (χ1v) is 9.86. The maximum Gasteiger partial charge on any atom is 0.270 e. The van der Waals surface area contributed by atoms with E-state index in [0.29, 0.717) is 23.1 Å². The molecular weight excluding hydrogens is 372 g/mol. The second-order valence-corrected chi connectivity index (χ2v) is 8.42. The lowest BCUT2D eigenvalue weighted by molar-refractivity contribution is 0.0908. The standard InChI is InChI=1S/C22H23ClN4O/c1-22(2,12-19-25-13-18(26-19)15-5-6-15)27-21(28)20-17(4-3-11-24-20)14-7-9-16(23)10-8-14/h3-4,7-11,13,15H,5-6,12H2,1-2H3,(H,25,26)(H,27,28). The van der Waals surface area contributed by atoms with E-state index in [1.54, 1.807) is 6.20 Å². The molecule has 1 aliphatic carbocycles. The number of hydrogen-bond acceptors (Lipinski definition) is 3. The fourth-order valence-electron chi connectivity index (χ4n) is 3.35. The molecule has 1 fully saturated rings. The Morgan fingerprint density at radius 1 is 1.21 bits per heavy atom. The number of benzene rings is 1. The number of H-pyrrole nitrogens is 1. The van der Waals surface area contributed by atoms with Crippen LogP contribution < -0.4 is 5.32 Å². The third-order valence-corrected chi connectivity index (χ3v) is 5.16. The molecule has 0 aliphatic heterocycles. The van der Waals surface area contributed by atoms with Crippen molar-refractivity contribution < 1.29 is 4.79 Å². The first-order valence-electron chi connectivity index (χ1n) is 9.48. The monoisotopic (exact) mass is 394 g/mol. The fraction of sp³-hybridized carbons (Fsp3) is 0.318. The second kappa shape index (κ2) is 7.40. The lowest BCUT2D eigenvalue weighted by Crippen LogP contribution is -2.45. The Balaban J connectivity index is 1.51. The quantitative estimate of drug-likeness (QED) is 0.633. The fourth-order valence-corrected chi connectivity index (χ4v) is 3.47. The van der Waals surface area contributed by atoms with Gasteiger partial charge in [-0.3, -0.25) is 9.78 Å². The van der Waals surface area contributed by atoms with E-state index in [0.717, 1.165) is 17.0 Å². The highest BCUT2D eigenvalue weighted by Crippen LogP contribution is 2.39. The number of nitrogens with one attached hydrogen (secondary N) is 2. The zero-order valence-corrected chi connectivity index (χ0v) is 16.8. The number of imidazole rings is 1. The van der Waals surface area contributed by atoms with E-state index in [1.807, 2.05) is 56.4 Å². The highest BCUT2D eigenvalue weighted by molar-refractivity contribution is 6.30. The van der Waals surface area contributed by atoms with Gasteiger partial charge < -0.3 is 10.3 Å². The van der Waals surface area contributed by atoms with Crippen LogP contribution in [0.3, 0.4) is 0 Å². The minimum atomic E-state index is -0.468. The van der Waals surface area contributed by atoms with Crippen LogP contribution in [-0.4, -0.2) is 26.4 Å². The van der Waals surface area contributed by atoms with Crippen molar-refractivity contribution >= 4 is 17.5 Å². The summed E-state index contributed by atoms with van der Waals surface area (Å²) in [6.07, 6.45) is 6.64. The SMILES string of the molecule is CC(C)(Cc1ncc(C2CC2)[nH]1)NC(=O)c1ncccc1-c1ccc(Cl)cc1. The number of aromatic nitrogens is 3. The molecule has 144 valence electrons. The molecule has 1 aromatic carbocycles. The summed E-state index contributed by atoms with van der Waals surface area (Å²) in [4.78, 5) is 25.2. The number of carbonyl (C=O) groups excluding carboxylic acids is 1. The third kappa shape index (κ3) is 4.25. The van der Waals surface area contributed by atoms with E-state index in [1.165, 1.54) is 18.5 Å². The van der Waals surface area contributed by atoms with Crippen LogP contribution in [0.15, 0.2) is 48.8 Å². The number of amides is 1. The molecule has 0 atom stereocenters. The summed E-state index contributed by atoms with van der Waals surface area (Å²) in [5.74, 6) is 1.32. The van der Waals surface area contributed by atoms with Gasteiger partial charge in [-0.25, -0.2) is 4.98 Å². The molecule has 0 unspecified atom stereocenters. The molecule has 1 amide bonds. The van der Waals surface area contributed by atoms with Crippen molar-refractivity contribution in [2.45, 2.75) is 44.6 Å². The Bertz CT molecular complexity index is 990. The number of hydrogen-bond donors (Lipinski definition) is 2. The lowest BCUT2D eigenvalue weighted by Gasteiger charge is -2.25. The van der Waals surface area contributed by atoms with Crippen molar-refractivity contribution in [1.29, 1.82) is 0 Å². The average molecular weight is 395 g/mol. The van der Waals surface area contributed by atoms with Crippen molar-refractivity contribution in [2.75, 3.05) is 0 Å². The number of halogens is 1. The van der Waals surface area contributed by atoms with Gasteiger partial charge in [-0.2, -0.15) is 0 Å². The van der Waals surface area contributed by atoms with Crippen molar-refractivity contribution in [3.05, 3.63) is 71.0 Å². The van der Waals surface area contributed by atoms with Gasteiger partial charge in [0.15, 0.2) is 0 Å². The normalized spacial score (nSPS) is 14.1. The molecule has 0 bridgehead atoms. The number of carbonyl (C=O) groups is 1. The lowest BCUT2D eigenvalue weighted by atomic mass is 9.98. The van der Waals surface area contributed by atoms with Crippen LogP contribution in [0.5, 0.6) is 0 Å². The predicted octanol–water partition coefficient (Wildman–Crippen LogP) is 4.75. The molecule has 0 saturated heterocycles. The van der Waals surface area contributed by atoms with Crippen LogP contribution >= 0.6 is 11.6 Å². The second-order valence-electron chi connectivity index (χ2n) is 7.98. The van der Waals surface area contributed by atoms with E-state index < -0.39 is 5.54 Å².